The Hall–Kier alpha value is -4.66. The summed E-state index contributed by atoms with van der Waals surface area (Å²) in [6.45, 7) is 11.0. The topological polar surface area (TPSA) is 131 Å². The van der Waals surface area contributed by atoms with Gasteiger partial charge in [-0.3, -0.25) is 14.4 Å². The van der Waals surface area contributed by atoms with Crippen LogP contribution in [0.3, 0.4) is 0 Å². The van der Waals surface area contributed by atoms with E-state index in [9.17, 15) is 19.2 Å². The molecule has 9 heteroatoms. The van der Waals surface area contributed by atoms with Gasteiger partial charge in [0.25, 0.3) is 5.91 Å². The zero-order valence-corrected chi connectivity index (χ0v) is 24.7. The van der Waals surface area contributed by atoms with Crippen molar-refractivity contribution in [1.29, 1.82) is 0 Å². The molecule has 4 N–H and O–H groups in total. The van der Waals surface area contributed by atoms with Crippen LogP contribution in [0.5, 0.6) is 0 Å². The lowest BCUT2D eigenvalue weighted by atomic mass is 9.99. The molecule has 0 bridgehead atoms. The second-order valence-corrected chi connectivity index (χ2v) is 11.1. The van der Waals surface area contributed by atoms with Crippen LogP contribution in [0.4, 0.5) is 10.5 Å². The zero-order valence-electron chi connectivity index (χ0n) is 24.7. The van der Waals surface area contributed by atoms with Crippen LogP contribution in [0.15, 0.2) is 73.3 Å². The fraction of sp³-hybridized carbons (Fsp3) is 0.333. The van der Waals surface area contributed by atoms with Crippen LogP contribution < -0.4 is 16.4 Å². The number of amides is 4. The smallest absolute Gasteiger partial charge is 0.408 e. The number of hydrogen-bond donors (Lipinski definition) is 3. The lowest BCUT2D eigenvalue weighted by molar-refractivity contribution is -0.142. The molecule has 4 amide bonds. The van der Waals surface area contributed by atoms with Crippen molar-refractivity contribution < 1.29 is 23.9 Å². The number of carbonyl (C=O) groups excluding carboxylic acids is 4. The van der Waals surface area contributed by atoms with E-state index in [0.29, 0.717) is 17.7 Å². The molecule has 2 atom stereocenters. The van der Waals surface area contributed by atoms with Crippen LogP contribution in [0, 0.1) is 0 Å². The number of benzene rings is 3. The van der Waals surface area contributed by atoms with Gasteiger partial charge in [-0.05, 0) is 67.3 Å². The third kappa shape index (κ3) is 8.92. The second kappa shape index (κ2) is 14.3. The maximum atomic E-state index is 14.1. The van der Waals surface area contributed by atoms with Gasteiger partial charge in [-0.1, -0.05) is 74.5 Å². The van der Waals surface area contributed by atoms with Crippen LogP contribution in [-0.2, 0) is 19.1 Å². The molecule has 0 heterocycles. The summed E-state index contributed by atoms with van der Waals surface area (Å²) >= 11 is 0. The Bertz CT molecular complexity index is 1450. The van der Waals surface area contributed by atoms with Gasteiger partial charge < -0.3 is 26.0 Å². The number of fused-ring (bicyclic) bond motifs is 1. The number of nitrogens with two attached hydrogens (primary N) is 1. The van der Waals surface area contributed by atoms with Crippen LogP contribution in [0.25, 0.3) is 16.8 Å². The van der Waals surface area contributed by atoms with E-state index in [2.05, 4.69) is 17.2 Å². The second-order valence-electron chi connectivity index (χ2n) is 11.1. The zero-order chi connectivity index (χ0) is 30.9. The van der Waals surface area contributed by atoms with Crippen LogP contribution in [0.2, 0.25) is 0 Å². The molecule has 9 nitrogen and oxygen atoms in total. The van der Waals surface area contributed by atoms with Gasteiger partial charge in [-0.15, -0.1) is 0 Å². The Morgan fingerprint density at radius 2 is 1.71 bits per heavy atom. The highest BCUT2D eigenvalue weighted by Crippen LogP contribution is 2.27. The first-order valence-electron chi connectivity index (χ1n) is 14.0. The van der Waals surface area contributed by atoms with E-state index in [1.165, 1.54) is 4.90 Å². The Morgan fingerprint density at radius 1 is 1.00 bits per heavy atom. The van der Waals surface area contributed by atoms with Crippen molar-refractivity contribution in [2.75, 3.05) is 11.9 Å². The summed E-state index contributed by atoms with van der Waals surface area (Å²) in [5.74, 6) is -1.87. The molecule has 0 saturated heterocycles. The minimum Gasteiger partial charge on any atom is -0.444 e. The number of anilines is 1. The average molecular weight is 573 g/mol. The Balaban J connectivity index is 2.05. The number of primary amides is 1. The van der Waals surface area contributed by atoms with Crippen LogP contribution >= 0.6 is 0 Å². The lowest BCUT2D eigenvalue weighted by Crippen LogP contribution is -2.53. The SMILES string of the molecule is C=Cc1cccc(C(C(=O)Nc2ccc3ccccc3c2)N(CCCC)C(=O)C(CC(N)=O)NC(=O)OC(C)(C)C)c1. The van der Waals surface area contributed by atoms with Crippen molar-refractivity contribution in [3.8, 4) is 0 Å². The molecule has 0 saturated carbocycles. The molecule has 2 unspecified atom stereocenters. The van der Waals surface area contributed by atoms with Gasteiger partial charge in [0.1, 0.15) is 17.7 Å². The summed E-state index contributed by atoms with van der Waals surface area (Å²) < 4.78 is 5.33. The largest absolute Gasteiger partial charge is 0.444 e. The molecule has 0 aliphatic rings. The van der Waals surface area contributed by atoms with Crippen molar-refractivity contribution >= 4 is 46.4 Å². The Morgan fingerprint density at radius 3 is 2.36 bits per heavy atom. The fourth-order valence-electron chi connectivity index (χ4n) is 4.55. The Labute approximate surface area is 247 Å². The van der Waals surface area contributed by atoms with E-state index >= 15 is 0 Å². The molecule has 42 heavy (non-hydrogen) atoms. The van der Waals surface area contributed by atoms with E-state index in [0.717, 1.165) is 22.8 Å². The highest BCUT2D eigenvalue weighted by molar-refractivity contribution is 6.01. The van der Waals surface area contributed by atoms with E-state index in [1.54, 1.807) is 51.1 Å². The normalized spacial score (nSPS) is 12.6. The maximum absolute atomic E-state index is 14.1. The number of nitrogens with zero attached hydrogens (tertiary/aromatic N) is 1. The maximum Gasteiger partial charge on any atom is 0.408 e. The van der Waals surface area contributed by atoms with E-state index in [-0.39, 0.29) is 6.54 Å². The lowest BCUT2D eigenvalue weighted by Gasteiger charge is -2.34. The van der Waals surface area contributed by atoms with Gasteiger partial charge >= 0.3 is 6.09 Å². The van der Waals surface area contributed by atoms with Crippen molar-refractivity contribution in [3.05, 3.63) is 84.4 Å². The molecular formula is C33H40N4O5. The van der Waals surface area contributed by atoms with Crippen LogP contribution in [0.1, 0.15) is 64.1 Å². The first kappa shape index (κ1) is 31.9. The predicted molar refractivity (Wildman–Crippen MR) is 165 cm³/mol. The van der Waals surface area contributed by atoms with Gasteiger partial charge in [0, 0.05) is 12.2 Å². The van der Waals surface area contributed by atoms with E-state index in [1.807, 2.05) is 49.4 Å². The van der Waals surface area contributed by atoms with Crippen molar-refractivity contribution in [3.63, 3.8) is 0 Å². The quantitative estimate of drug-likeness (QED) is 0.262. The number of alkyl carbamates (subject to hydrolysis) is 1. The highest BCUT2D eigenvalue weighted by Gasteiger charge is 2.37. The summed E-state index contributed by atoms with van der Waals surface area (Å²) in [7, 11) is 0. The molecule has 0 aliphatic heterocycles. The minimum absolute atomic E-state index is 0.189. The summed E-state index contributed by atoms with van der Waals surface area (Å²) in [4.78, 5) is 54.3. The number of nitrogens with one attached hydrogen (secondary N) is 2. The summed E-state index contributed by atoms with van der Waals surface area (Å²) in [6.07, 6.45) is 1.62. The number of unbranched alkanes of at least 4 members (excludes halogenated alkanes) is 1. The molecule has 0 spiro atoms. The third-order valence-corrected chi connectivity index (χ3v) is 6.47. The van der Waals surface area contributed by atoms with Crippen molar-refractivity contribution in [1.82, 2.24) is 10.2 Å². The summed E-state index contributed by atoms with van der Waals surface area (Å²) in [5.41, 5.74) is 6.51. The summed E-state index contributed by atoms with van der Waals surface area (Å²) in [5, 5.41) is 7.44. The highest BCUT2D eigenvalue weighted by atomic mass is 16.6. The van der Waals surface area contributed by atoms with Gasteiger partial charge in [-0.2, -0.15) is 0 Å². The number of rotatable bonds is 12. The van der Waals surface area contributed by atoms with Crippen LogP contribution in [-0.4, -0.2) is 46.9 Å². The molecule has 3 aromatic rings. The standard InChI is InChI=1S/C33H40N4O5/c1-6-8-18-37(31(40)27(21-28(34)38)36-32(41)42-33(3,4)5)29(25-15-11-12-22(7-2)19-25)30(39)35-26-17-16-23-13-9-10-14-24(23)20-26/h7,9-17,19-20,27,29H,2,6,8,18,21H2,1,3-5H3,(H2,34,38)(H,35,39)(H,36,41). The van der Waals surface area contributed by atoms with Gasteiger partial charge in [0.15, 0.2) is 0 Å². The first-order valence-corrected chi connectivity index (χ1v) is 14.0. The molecular weight excluding hydrogens is 532 g/mol. The number of hydrogen-bond acceptors (Lipinski definition) is 5. The third-order valence-electron chi connectivity index (χ3n) is 6.47. The number of carbonyl (C=O) groups is 4. The van der Waals surface area contributed by atoms with E-state index in [4.69, 9.17) is 10.5 Å². The number of ether oxygens (including phenoxy) is 1. The van der Waals surface area contributed by atoms with Crippen molar-refractivity contribution in [2.45, 2.75) is 64.6 Å². The predicted octanol–water partition coefficient (Wildman–Crippen LogP) is 5.56. The fourth-order valence-corrected chi connectivity index (χ4v) is 4.55. The average Bonchev–Trinajstić information content (AvgIpc) is 2.93. The molecule has 0 radical (unpaired) electrons. The minimum atomic E-state index is -1.34. The monoisotopic (exact) mass is 572 g/mol. The molecule has 0 fully saturated rings. The molecule has 3 aromatic carbocycles. The van der Waals surface area contributed by atoms with Gasteiger partial charge in [0.2, 0.25) is 11.8 Å². The molecule has 3 rings (SSSR count). The first-order chi connectivity index (χ1) is 19.9. The van der Waals surface area contributed by atoms with Gasteiger partial charge in [-0.25, -0.2) is 4.79 Å². The molecule has 0 aliphatic carbocycles. The molecule has 222 valence electrons. The van der Waals surface area contributed by atoms with Crippen molar-refractivity contribution in [2.24, 2.45) is 5.73 Å². The molecule has 0 aromatic heterocycles. The Kier molecular flexibility index (Phi) is 10.8. The van der Waals surface area contributed by atoms with E-state index < -0.39 is 47.9 Å². The summed E-state index contributed by atoms with van der Waals surface area (Å²) in [6, 6.07) is 18.1. The van der Waals surface area contributed by atoms with Gasteiger partial charge in [0.05, 0.1) is 6.42 Å².